The first-order valence-corrected chi connectivity index (χ1v) is 5.57. The Kier molecular flexibility index (Phi) is 3.51. The first-order valence-electron chi connectivity index (χ1n) is 5.57. The average Bonchev–Trinajstić information content (AvgIpc) is 2.30. The SMILES string of the molecule is Cc1cc(NC(=O)C2CCOCC2)ccn1. The van der Waals surface area contributed by atoms with Crippen LogP contribution in [0.1, 0.15) is 18.5 Å². The van der Waals surface area contributed by atoms with Crippen molar-refractivity contribution in [2.24, 2.45) is 5.92 Å². The minimum absolute atomic E-state index is 0.0854. The van der Waals surface area contributed by atoms with Crippen molar-refractivity contribution in [3.8, 4) is 0 Å². The van der Waals surface area contributed by atoms with Crippen molar-refractivity contribution in [3.63, 3.8) is 0 Å². The lowest BCUT2D eigenvalue weighted by atomic mass is 9.99. The molecule has 1 aromatic heterocycles. The Hall–Kier alpha value is -1.42. The molecule has 2 rings (SSSR count). The number of carbonyl (C=O) groups is 1. The van der Waals surface area contributed by atoms with E-state index >= 15 is 0 Å². The van der Waals surface area contributed by atoms with Gasteiger partial charge in [-0.1, -0.05) is 0 Å². The van der Waals surface area contributed by atoms with E-state index < -0.39 is 0 Å². The monoisotopic (exact) mass is 220 g/mol. The molecule has 0 radical (unpaired) electrons. The maximum absolute atomic E-state index is 11.9. The molecule has 4 nitrogen and oxygen atoms in total. The quantitative estimate of drug-likeness (QED) is 0.826. The van der Waals surface area contributed by atoms with Crippen LogP contribution < -0.4 is 5.32 Å². The predicted octanol–water partition coefficient (Wildman–Crippen LogP) is 1.76. The number of hydrogen-bond donors (Lipinski definition) is 1. The Labute approximate surface area is 95.0 Å². The van der Waals surface area contributed by atoms with Gasteiger partial charge in [0.05, 0.1) is 0 Å². The fourth-order valence-corrected chi connectivity index (χ4v) is 1.83. The molecule has 1 aliphatic heterocycles. The zero-order valence-corrected chi connectivity index (χ0v) is 9.40. The second kappa shape index (κ2) is 5.07. The molecule has 0 aromatic carbocycles. The van der Waals surface area contributed by atoms with E-state index in [0.717, 1.165) is 24.2 Å². The third kappa shape index (κ3) is 2.79. The van der Waals surface area contributed by atoms with Gasteiger partial charge in [0.2, 0.25) is 5.91 Å². The van der Waals surface area contributed by atoms with Crippen molar-refractivity contribution < 1.29 is 9.53 Å². The van der Waals surface area contributed by atoms with Gasteiger partial charge in [0.1, 0.15) is 0 Å². The number of anilines is 1. The van der Waals surface area contributed by atoms with Gasteiger partial charge >= 0.3 is 0 Å². The lowest BCUT2D eigenvalue weighted by molar-refractivity contribution is -0.122. The van der Waals surface area contributed by atoms with E-state index in [-0.39, 0.29) is 11.8 Å². The van der Waals surface area contributed by atoms with E-state index in [1.165, 1.54) is 0 Å². The summed E-state index contributed by atoms with van der Waals surface area (Å²) in [5, 5.41) is 2.92. The highest BCUT2D eigenvalue weighted by Crippen LogP contribution is 2.17. The van der Waals surface area contributed by atoms with E-state index in [0.29, 0.717) is 13.2 Å². The molecule has 86 valence electrons. The van der Waals surface area contributed by atoms with Crippen LogP contribution in [0.15, 0.2) is 18.3 Å². The van der Waals surface area contributed by atoms with Crippen LogP contribution in [0.3, 0.4) is 0 Å². The van der Waals surface area contributed by atoms with Crippen LogP contribution in [0.2, 0.25) is 0 Å². The highest BCUT2D eigenvalue weighted by Gasteiger charge is 2.21. The van der Waals surface area contributed by atoms with Crippen LogP contribution >= 0.6 is 0 Å². The van der Waals surface area contributed by atoms with Crippen molar-refractivity contribution >= 4 is 11.6 Å². The average molecular weight is 220 g/mol. The summed E-state index contributed by atoms with van der Waals surface area (Å²) in [6, 6.07) is 3.68. The highest BCUT2D eigenvalue weighted by atomic mass is 16.5. The normalized spacial score (nSPS) is 17.1. The van der Waals surface area contributed by atoms with E-state index in [9.17, 15) is 4.79 Å². The van der Waals surface area contributed by atoms with E-state index in [1.807, 2.05) is 19.1 Å². The molecule has 1 aromatic rings. The molecule has 0 aliphatic carbocycles. The molecule has 0 saturated carbocycles. The van der Waals surface area contributed by atoms with E-state index in [2.05, 4.69) is 10.3 Å². The number of aromatic nitrogens is 1. The molecule has 0 spiro atoms. The second-order valence-corrected chi connectivity index (χ2v) is 4.06. The standard InChI is InChI=1S/C12H16N2O2/c1-9-8-11(2-5-13-9)14-12(15)10-3-6-16-7-4-10/h2,5,8,10H,3-4,6-7H2,1H3,(H,13,14,15). The molecule has 0 atom stereocenters. The number of nitrogens with one attached hydrogen (secondary N) is 1. The molecule has 0 unspecified atom stereocenters. The smallest absolute Gasteiger partial charge is 0.227 e. The van der Waals surface area contributed by atoms with Crippen LogP contribution in [-0.4, -0.2) is 24.1 Å². The van der Waals surface area contributed by atoms with Crippen molar-refractivity contribution in [2.45, 2.75) is 19.8 Å². The topological polar surface area (TPSA) is 51.2 Å². The number of hydrogen-bond acceptors (Lipinski definition) is 3. The van der Waals surface area contributed by atoms with Crippen LogP contribution in [-0.2, 0) is 9.53 Å². The Balaban J connectivity index is 1.96. The largest absolute Gasteiger partial charge is 0.381 e. The minimum atomic E-state index is 0.0854. The van der Waals surface area contributed by atoms with E-state index in [4.69, 9.17) is 4.74 Å². The molecular formula is C12H16N2O2. The zero-order valence-electron chi connectivity index (χ0n) is 9.40. The molecule has 0 bridgehead atoms. The van der Waals surface area contributed by atoms with Gasteiger partial charge in [0, 0.05) is 36.7 Å². The lowest BCUT2D eigenvalue weighted by Gasteiger charge is -2.21. The van der Waals surface area contributed by atoms with Crippen molar-refractivity contribution in [2.75, 3.05) is 18.5 Å². The second-order valence-electron chi connectivity index (χ2n) is 4.06. The van der Waals surface area contributed by atoms with Crippen LogP contribution in [0, 0.1) is 12.8 Å². The first-order chi connectivity index (χ1) is 7.75. The number of rotatable bonds is 2. The highest BCUT2D eigenvalue weighted by molar-refractivity contribution is 5.92. The Bertz CT molecular complexity index is 373. The molecule has 1 N–H and O–H groups in total. The predicted molar refractivity (Wildman–Crippen MR) is 61.1 cm³/mol. The van der Waals surface area contributed by atoms with E-state index in [1.54, 1.807) is 6.20 Å². The van der Waals surface area contributed by atoms with Gasteiger partial charge in [-0.25, -0.2) is 0 Å². The number of pyridine rings is 1. The number of ether oxygens (including phenoxy) is 1. The third-order valence-corrected chi connectivity index (χ3v) is 2.76. The van der Waals surface area contributed by atoms with Crippen LogP contribution in [0.5, 0.6) is 0 Å². The van der Waals surface area contributed by atoms with Gasteiger partial charge in [-0.05, 0) is 31.9 Å². The molecule has 1 aliphatic rings. The lowest BCUT2D eigenvalue weighted by Crippen LogP contribution is -2.28. The number of aryl methyl sites for hydroxylation is 1. The summed E-state index contributed by atoms with van der Waals surface area (Å²) in [4.78, 5) is 16.0. The van der Waals surface area contributed by atoms with Gasteiger partial charge in [-0.15, -0.1) is 0 Å². The van der Waals surface area contributed by atoms with Crippen LogP contribution in [0.25, 0.3) is 0 Å². The van der Waals surface area contributed by atoms with Gasteiger partial charge < -0.3 is 10.1 Å². The molecule has 1 amide bonds. The molecule has 4 heteroatoms. The number of amides is 1. The molecule has 16 heavy (non-hydrogen) atoms. The van der Waals surface area contributed by atoms with Gasteiger partial charge in [-0.3, -0.25) is 9.78 Å². The number of nitrogens with zero attached hydrogens (tertiary/aromatic N) is 1. The third-order valence-electron chi connectivity index (χ3n) is 2.76. The maximum atomic E-state index is 11.9. The number of carbonyl (C=O) groups excluding carboxylic acids is 1. The first kappa shape index (κ1) is 11.1. The molecule has 1 fully saturated rings. The molecular weight excluding hydrogens is 204 g/mol. The summed E-state index contributed by atoms with van der Waals surface area (Å²) in [7, 11) is 0. The Morgan fingerprint density at radius 2 is 2.25 bits per heavy atom. The summed E-state index contributed by atoms with van der Waals surface area (Å²) in [5.74, 6) is 0.177. The minimum Gasteiger partial charge on any atom is -0.381 e. The summed E-state index contributed by atoms with van der Waals surface area (Å²) < 4.78 is 5.23. The molecule has 1 saturated heterocycles. The van der Waals surface area contributed by atoms with Gasteiger partial charge in [0.15, 0.2) is 0 Å². The van der Waals surface area contributed by atoms with Crippen LogP contribution in [0.4, 0.5) is 5.69 Å². The summed E-state index contributed by atoms with van der Waals surface area (Å²) in [5.41, 5.74) is 1.73. The maximum Gasteiger partial charge on any atom is 0.227 e. The summed E-state index contributed by atoms with van der Waals surface area (Å²) >= 11 is 0. The van der Waals surface area contributed by atoms with Gasteiger partial charge in [-0.2, -0.15) is 0 Å². The zero-order chi connectivity index (χ0) is 11.4. The van der Waals surface area contributed by atoms with Crippen molar-refractivity contribution in [3.05, 3.63) is 24.0 Å². The van der Waals surface area contributed by atoms with Gasteiger partial charge in [0.25, 0.3) is 0 Å². The fraction of sp³-hybridized carbons (Fsp3) is 0.500. The Morgan fingerprint density at radius 3 is 2.94 bits per heavy atom. The summed E-state index contributed by atoms with van der Waals surface area (Å²) in [6.07, 6.45) is 3.33. The fourth-order valence-electron chi connectivity index (χ4n) is 1.83. The summed E-state index contributed by atoms with van der Waals surface area (Å²) in [6.45, 7) is 3.28. The van der Waals surface area contributed by atoms with Crippen molar-refractivity contribution in [1.82, 2.24) is 4.98 Å². The molecule has 2 heterocycles. The van der Waals surface area contributed by atoms with Crippen molar-refractivity contribution in [1.29, 1.82) is 0 Å². The Morgan fingerprint density at radius 1 is 1.50 bits per heavy atom.